The van der Waals surface area contributed by atoms with Crippen LogP contribution in [-0.2, 0) is 21.8 Å². The van der Waals surface area contributed by atoms with Crippen LogP contribution in [0.25, 0.3) is 0 Å². The molecule has 0 saturated heterocycles. The van der Waals surface area contributed by atoms with Gasteiger partial charge < -0.3 is 10.5 Å². The zero-order valence-electron chi connectivity index (χ0n) is 14.1. The van der Waals surface area contributed by atoms with Crippen LogP contribution in [0, 0.1) is 0 Å². The molecule has 0 radical (unpaired) electrons. The number of nitrogens with two attached hydrogens (primary N) is 1. The highest BCUT2D eigenvalue weighted by Gasteiger charge is 2.20. The van der Waals surface area contributed by atoms with E-state index in [-0.39, 0.29) is 23.7 Å². The average Bonchev–Trinajstić information content (AvgIpc) is 3.10. The number of anilines is 1. The third-order valence-corrected chi connectivity index (χ3v) is 5.39. The molecular formula is C16H19N3O5S2. The Labute approximate surface area is 157 Å². The van der Waals surface area contributed by atoms with E-state index >= 15 is 0 Å². The predicted molar refractivity (Wildman–Crippen MR) is 102 cm³/mol. The van der Waals surface area contributed by atoms with Gasteiger partial charge in [-0.3, -0.25) is 23.9 Å². The maximum absolute atomic E-state index is 12.2. The van der Waals surface area contributed by atoms with Gasteiger partial charge in [-0.2, -0.15) is 0 Å². The lowest BCUT2D eigenvalue weighted by molar-refractivity contribution is -0.139. The molecule has 0 fully saturated rings. The molecule has 26 heavy (non-hydrogen) atoms. The Morgan fingerprint density at radius 3 is 2.81 bits per heavy atom. The molecule has 0 bridgehead atoms. The molecule has 2 heterocycles. The van der Waals surface area contributed by atoms with Gasteiger partial charge in [0.05, 0.1) is 5.75 Å². The highest BCUT2D eigenvalue weighted by atomic mass is 32.2. The van der Waals surface area contributed by atoms with Crippen molar-refractivity contribution in [2.45, 2.75) is 25.6 Å². The number of thioether (sulfide) groups is 1. The van der Waals surface area contributed by atoms with Gasteiger partial charge in [0.25, 0.3) is 5.56 Å². The van der Waals surface area contributed by atoms with Crippen molar-refractivity contribution in [3.05, 3.63) is 48.8 Å². The van der Waals surface area contributed by atoms with Crippen LogP contribution < -0.4 is 17.0 Å². The van der Waals surface area contributed by atoms with Crippen molar-refractivity contribution in [2.75, 3.05) is 18.1 Å². The maximum Gasteiger partial charge on any atom is 0.329 e. The van der Waals surface area contributed by atoms with Crippen LogP contribution >= 0.6 is 23.1 Å². The number of carbonyl (C=O) groups is 2. The molecule has 3 N–H and O–H groups in total. The van der Waals surface area contributed by atoms with Crippen molar-refractivity contribution in [2.24, 2.45) is 0 Å². The normalized spacial score (nSPS) is 10.7. The maximum atomic E-state index is 12.2. The number of rotatable bonds is 9. The monoisotopic (exact) mass is 397 g/mol. The molecule has 0 aliphatic carbocycles. The van der Waals surface area contributed by atoms with Gasteiger partial charge in [0, 0.05) is 17.2 Å². The molecule has 0 unspecified atom stereocenters. The van der Waals surface area contributed by atoms with E-state index in [9.17, 15) is 19.2 Å². The number of H-pyrrole nitrogens is 1. The SMILES string of the molecule is CCCn1c(N)c(C(=O)COC(=O)CSCc2cccs2)c(=O)[nH]c1=O. The van der Waals surface area contributed by atoms with E-state index in [0.29, 0.717) is 12.2 Å². The molecule has 0 atom stereocenters. The third-order valence-electron chi connectivity index (χ3n) is 3.37. The molecule has 0 aliphatic rings. The first-order chi connectivity index (χ1) is 12.4. The van der Waals surface area contributed by atoms with Gasteiger partial charge >= 0.3 is 11.7 Å². The van der Waals surface area contributed by atoms with E-state index < -0.39 is 29.6 Å². The van der Waals surface area contributed by atoms with E-state index in [1.165, 1.54) is 11.8 Å². The topological polar surface area (TPSA) is 124 Å². The Bertz CT molecular complexity index is 886. The third kappa shape index (κ3) is 5.09. The van der Waals surface area contributed by atoms with Crippen molar-refractivity contribution in [1.82, 2.24) is 9.55 Å². The summed E-state index contributed by atoms with van der Waals surface area (Å²) in [5.74, 6) is -0.752. The van der Waals surface area contributed by atoms with Gasteiger partial charge in [0.1, 0.15) is 11.4 Å². The van der Waals surface area contributed by atoms with Crippen LogP contribution in [0.4, 0.5) is 5.82 Å². The zero-order chi connectivity index (χ0) is 19.1. The summed E-state index contributed by atoms with van der Waals surface area (Å²) >= 11 is 2.96. The number of nitrogen functional groups attached to an aromatic ring is 1. The van der Waals surface area contributed by atoms with Gasteiger partial charge in [0.2, 0.25) is 5.78 Å². The Kier molecular flexibility index (Phi) is 7.22. The minimum absolute atomic E-state index is 0.0896. The second-order valence-electron chi connectivity index (χ2n) is 5.33. The smallest absolute Gasteiger partial charge is 0.329 e. The summed E-state index contributed by atoms with van der Waals surface area (Å²) in [6, 6.07) is 3.89. The second-order valence-corrected chi connectivity index (χ2v) is 7.35. The summed E-state index contributed by atoms with van der Waals surface area (Å²) in [6.07, 6.45) is 0.597. The number of nitrogens with one attached hydrogen (secondary N) is 1. The van der Waals surface area contributed by atoms with Gasteiger partial charge in [-0.15, -0.1) is 23.1 Å². The fourth-order valence-electron chi connectivity index (χ4n) is 2.19. The fraction of sp³-hybridized carbons (Fsp3) is 0.375. The molecule has 0 amide bonds. The molecule has 2 aromatic heterocycles. The number of aromatic amines is 1. The highest BCUT2D eigenvalue weighted by molar-refractivity contribution is 7.99. The average molecular weight is 397 g/mol. The minimum atomic E-state index is -0.882. The van der Waals surface area contributed by atoms with Crippen molar-refractivity contribution in [1.29, 1.82) is 0 Å². The number of ketones is 1. The van der Waals surface area contributed by atoms with E-state index in [4.69, 9.17) is 10.5 Å². The van der Waals surface area contributed by atoms with Crippen LogP contribution in [0.5, 0.6) is 0 Å². The van der Waals surface area contributed by atoms with Crippen LogP contribution in [-0.4, -0.2) is 33.7 Å². The molecule has 140 valence electrons. The zero-order valence-corrected chi connectivity index (χ0v) is 15.8. The second kappa shape index (κ2) is 9.39. The van der Waals surface area contributed by atoms with Crippen molar-refractivity contribution in [3.8, 4) is 0 Å². The van der Waals surface area contributed by atoms with E-state index in [1.54, 1.807) is 11.3 Å². The Hall–Kier alpha value is -2.33. The molecule has 0 spiro atoms. The lowest BCUT2D eigenvalue weighted by atomic mass is 10.2. The molecule has 8 nitrogen and oxygen atoms in total. The van der Waals surface area contributed by atoms with Crippen LogP contribution in [0.3, 0.4) is 0 Å². The van der Waals surface area contributed by atoms with Gasteiger partial charge in [0.15, 0.2) is 6.61 Å². The molecule has 10 heteroatoms. The number of carbonyl (C=O) groups excluding carboxylic acids is 2. The van der Waals surface area contributed by atoms with Gasteiger partial charge in [-0.05, 0) is 17.9 Å². The quantitative estimate of drug-likeness (QED) is 0.482. The first-order valence-corrected chi connectivity index (χ1v) is 9.89. The number of hydrogen-bond donors (Lipinski definition) is 2. The number of hydrogen-bond acceptors (Lipinski definition) is 8. The summed E-state index contributed by atoms with van der Waals surface area (Å²) < 4.78 is 6.03. The molecular weight excluding hydrogens is 378 g/mol. The summed E-state index contributed by atoms with van der Waals surface area (Å²) in [7, 11) is 0. The lowest BCUT2D eigenvalue weighted by Crippen LogP contribution is -2.37. The Morgan fingerprint density at radius 1 is 1.38 bits per heavy atom. The molecule has 2 aromatic rings. The number of nitrogens with zero attached hydrogens (tertiary/aromatic N) is 1. The molecule has 0 aliphatic heterocycles. The van der Waals surface area contributed by atoms with Crippen LogP contribution in [0.1, 0.15) is 28.6 Å². The number of thiophene rings is 1. The molecule has 0 aromatic carbocycles. The number of ether oxygens (including phenoxy) is 1. The van der Waals surface area contributed by atoms with Crippen LogP contribution in [0.2, 0.25) is 0 Å². The molecule has 2 rings (SSSR count). The summed E-state index contributed by atoms with van der Waals surface area (Å²) in [4.78, 5) is 50.8. The fourth-order valence-corrected chi connectivity index (χ4v) is 3.85. The predicted octanol–water partition coefficient (Wildman–Crippen LogP) is 1.25. The summed E-state index contributed by atoms with van der Waals surface area (Å²) in [5.41, 5.74) is 3.87. The van der Waals surface area contributed by atoms with Crippen LogP contribution in [0.15, 0.2) is 27.1 Å². The van der Waals surface area contributed by atoms with Crippen molar-refractivity contribution in [3.63, 3.8) is 0 Å². The lowest BCUT2D eigenvalue weighted by Gasteiger charge is -2.11. The standard InChI is InChI=1S/C16H19N3O5S2/c1-2-5-19-14(17)13(15(22)18-16(19)23)11(20)7-24-12(21)9-25-8-10-4-3-6-26-10/h3-4,6H,2,5,7-9,17H2,1H3,(H,18,22,23). The first-order valence-electron chi connectivity index (χ1n) is 7.85. The summed E-state index contributed by atoms with van der Waals surface area (Å²) in [5, 5.41) is 1.95. The number of Topliss-reactive ketones (excluding diaryl/α,β-unsaturated/α-hetero) is 1. The van der Waals surface area contributed by atoms with E-state index in [1.807, 2.05) is 24.4 Å². The largest absolute Gasteiger partial charge is 0.457 e. The van der Waals surface area contributed by atoms with Gasteiger partial charge in [-0.25, -0.2) is 4.79 Å². The summed E-state index contributed by atoms with van der Waals surface area (Å²) in [6.45, 7) is 1.49. The number of esters is 1. The Balaban J connectivity index is 1.95. The van der Waals surface area contributed by atoms with E-state index in [2.05, 4.69) is 4.98 Å². The first kappa shape index (κ1) is 20.0. The Morgan fingerprint density at radius 2 is 2.15 bits per heavy atom. The van der Waals surface area contributed by atoms with E-state index in [0.717, 1.165) is 9.44 Å². The van der Waals surface area contributed by atoms with Crippen molar-refractivity contribution < 1.29 is 14.3 Å². The highest BCUT2D eigenvalue weighted by Crippen LogP contribution is 2.17. The van der Waals surface area contributed by atoms with Gasteiger partial charge in [-0.1, -0.05) is 13.0 Å². The van der Waals surface area contributed by atoms with Crippen molar-refractivity contribution >= 4 is 40.7 Å². The number of aromatic nitrogens is 2. The minimum Gasteiger partial charge on any atom is -0.457 e. The molecule has 0 saturated carbocycles.